The molecule has 9 heteroatoms. The topological polar surface area (TPSA) is 109 Å². The van der Waals surface area contributed by atoms with Crippen LogP contribution in [0.1, 0.15) is 31.4 Å². The minimum Gasteiger partial charge on any atom is -0.492 e. The monoisotopic (exact) mass is 525 g/mol. The van der Waals surface area contributed by atoms with Crippen molar-refractivity contribution in [2.45, 2.75) is 37.5 Å². The number of aromatic nitrogens is 2. The van der Waals surface area contributed by atoms with Crippen LogP contribution in [0.3, 0.4) is 0 Å². The lowest BCUT2D eigenvalue weighted by Gasteiger charge is -2.45. The van der Waals surface area contributed by atoms with Gasteiger partial charge in [-0.25, -0.2) is 0 Å². The minimum absolute atomic E-state index is 0.0372. The van der Waals surface area contributed by atoms with Gasteiger partial charge in [0, 0.05) is 58.6 Å². The summed E-state index contributed by atoms with van der Waals surface area (Å²) < 4.78 is 22.6. The van der Waals surface area contributed by atoms with Crippen LogP contribution in [-0.2, 0) is 20.7 Å². The predicted molar refractivity (Wildman–Crippen MR) is 140 cm³/mol. The van der Waals surface area contributed by atoms with Gasteiger partial charge in [0.15, 0.2) is 5.60 Å². The molecule has 0 radical (unpaired) electrons. The van der Waals surface area contributed by atoms with Gasteiger partial charge in [0.25, 0.3) is 0 Å². The molecule has 3 aliphatic heterocycles. The lowest BCUT2D eigenvalue weighted by molar-refractivity contribution is -0.184. The summed E-state index contributed by atoms with van der Waals surface area (Å²) in [4.78, 5) is 8.16. The summed E-state index contributed by atoms with van der Waals surface area (Å²) in [5.74, 6) is 2.18. The van der Waals surface area contributed by atoms with E-state index in [0.717, 1.165) is 34.6 Å². The Morgan fingerprint density at radius 2 is 1.70 bits per heavy atom. The van der Waals surface area contributed by atoms with Gasteiger partial charge in [0.05, 0.1) is 26.4 Å². The first-order chi connectivity index (χ1) is 17.8. The molecule has 2 aromatic heterocycles. The Morgan fingerprint density at radius 1 is 1.00 bits per heavy atom. The highest BCUT2D eigenvalue weighted by atomic mass is 35.5. The van der Waals surface area contributed by atoms with Gasteiger partial charge in [-0.15, -0.1) is 0 Å². The molecular weight excluding hydrogens is 494 g/mol. The Balaban J connectivity index is 0.000000195. The largest absolute Gasteiger partial charge is 0.492 e. The van der Waals surface area contributed by atoms with Crippen molar-refractivity contribution < 1.29 is 24.1 Å². The predicted octanol–water partition coefficient (Wildman–Crippen LogP) is 4.07. The van der Waals surface area contributed by atoms with Gasteiger partial charge < -0.3 is 29.8 Å². The molecule has 0 saturated carbocycles. The average molecular weight is 526 g/mol. The first kappa shape index (κ1) is 25.9. The van der Waals surface area contributed by atoms with Crippen molar-refractivity contribution in [3.8, 4) is 22.6 Å². The maximum absolute atomic E-state index is 9.81. The maximum Gasteiger partial charge on any atom is 0.182 e. The van der Waals surface area contributed by atoms with E-state index in [2.05, 4.69) is 23.8 Å². The number of pyridine rings is 2. The van der Waals surface area contributed by atoms with E-state index >= 15 is 0 Å². The minimum atomic E-state index is -0.911. The van der Waals surface area contributed by atoms with Crippen LogP contribution in [0.15, 0.2) is 55.1 Å². The zero-order valence-corrected chi connectivity index (χ0v) is 21.8. The first-order valence-electron chi connectivity index (χ1n) is 12.4. The van der Waals surface area contributed by atoms with Crippen LogP contribution in [0, 0.1) is 5.92 Å². The lowest BCUT2D eigenvalue weighted by atomic mass is 9.84. The van der Waals surface area contributed by atoms with Gasteiger partial charge in [-0.2, -0.15) is 0 Å². The van der Waals surface area contributed by atoms with Crippen molar-refractivity contribution in [3.63, 3.8) is 0 Å². The molecule has 3 N–H and O–H groups in total. The van der Waals surface area contributed by atoms with E-state index in [4.69, 9.17) is 36.3 Å². The molecule has 196 valence electrons. The Labute approximate surface area is 221 Å². The number of rotatable bonds is 6. The van der Waals surface area contributed by atoms with E-state index in [0.29, 0.717) is 49.5 Å². The molecule has 0 unspecified atom stereocenters. The van der Waals surface area contributed by atoms with E-state index in [9.17, 15) is 5.11 Å². The fourth-order valence-electron chi connectivity index (χ4n) is 4.71. The number of aliphatic hydroxyl groups is 1. The fourth-order valence-corrected chi connectivity index (χ4v) is 4.99. The van der Waals surface area contributed by atoms with Crippen molar-refractivity contribution >= 4 is 11.6 Å². The number of halogens is 1. The average Bonchev–Trinajstić information content (AvgIpc) is 2.84. The van der Waals surface area contributed by atoms with Crippen LogP contribution in [0.4, 0.5) is 0 Å². The summed E-state index contributed by atoms with van der Waals surface area (Å²) in [6, 6.07) is 9.72. The molecule has 1 atom stereocenters. The summed E-state index contributed by atoms with van der Waals surface area (Å²) in [7, 11) is 0. The highest BCUT2D eigenvalue weighted by Gasteiger charge is 2.48. The second-order valence-electron chi connectivity index (χ2n) is 10.2. The van der Waals surface area contributed by atoms with Crippen molar-refractivity contribution in [2.75, 3.05) is 33.0 Å². The molecule has 0 aliphatic carbocycles. The van der Waals surface area contributed by atoms with Crippen molar-refractivity contribution in [1.82, 2.24) is 9.97 Å². The second kappa shape index (κ2) is 10.6. The Kier molecular flexibility index (Phi) is 7.38. The number of hydrogen-bond donors (Lipinski definition) is 2. The van der Waals surface area contributed by atoms with Crippen molar-refractivity contribution in [1.29, 1.82) is 0 Å². The molecule has 1 aromatic carbocycles. The smallest absolute Gasteiger partial charge is 0.182 e. The molecule has 5 heterocycles. The number of fused-ring (bicyclic) bond motifs is 4. The van der Waals surface area contributed by atoms with E-state index in [1.165, 1.54) is 0 Å². The molecule has 37 heavy (non-hydrogen) atoms. The summed E-state index contributed by atoms with van der Waals surface area (Å²) in [6.07, 6.45) is 7.81. The zero-order valence-electron chi connectivity index (χ0n) is 21.0. The summed E-state index contributed by atoms with van der Waals surface area (Å²) in [5, 5.41) is 10.4. The summed E-state index contributed by atoms with van der Waals surface area (Å²) in [5.41, 5.74) is 8.76. The van der Waals surface area contributed by atoms with Gasteiger partial charge in [0.2, 0.25) is 0 Å². The molecular formula is C28H32ClN3O5. The molecule has 0 bridgehead atoms. The van der Waals surface area contributed by atoms with E-state index < -0.39 is 11.2 Å². The van der Waals surface area contributed by atoms with E-state index in [1.54, 1.807) is 18.5 Å². The molecule has 3 aromatic rings. The molecule has 2 fully saturated rings. The van der Waals surface area contributed by atoms with E-state index in [1.807, 2.05) is 36.7 Å². The fraction of sp³-hybridized carbons (Fsp3) is 0.429. The Bertz CT molecular complexity index is 1250. The highest BCUT2D eigenvalue weighted by molar-refractivity contribution is 6.31. The summed E-state index contributed by atoms with van der Waals surface area (Å²) >= 11 is 5.87. The number of nitrogens with zero attached hydrogens (tertiary/aromatic N) is 2. The molecule has 8 nitrogen and oxygen atoms in total. The van der Waals surface area contributed by atoms with Gasteiger partial charge in [-0.3, -0.25) is 9.97 Å². The standard InChI is InChI=1S/C20H24N2O3.C8H8ClNO2/c1-13(2)7-14(21)10-24-15-3-4-17-16-5-6-22-9-18(16)20(11-23-12-20)25-19(17)8-15;9-7-1-2-10-3-6(7)8(11)4-12-5-8/h3-6,8-9,13-14H,7,10-12,21H2,1-2H3;1-3,11H,4-5H2/t14-;/m0./s1. The van der Waals surface area contributed by atoms with Gasteiger partial charge in [0.1, 0.15) is 23.7 Å². The third kappa shape index (κ3) is 5.30. The van der Waals surface area contributed by atoms with Crippen LogP contribution < -0.4 is 15.2 Å². The van der Waals surface area contributed by atoms with Crippen LogP contribution in [-0.4, -0.2) is 54.2 Å². The Hall–Kier alpha value is -2.75. The van der Waals surface area contributed by atoms with Crippen molar-refractivity contribution in [2.24, 2.45) is 11.7 Å². The summed E-state index contributed by atoms with van der Waals surface area (Å²) in [6.45, 7) is 6.55. The zero-order chi connectivity index (χ0) is 26.0. The van der Waals surface area contributed by atoms with Crippen LogP contribution in [0.25, 0.3) is 11.1 Å². The van der Waals surface area contributed by atoms with Crippen LogP contribution in [0.2, 0.25) is 5.02 Å². The Morgan fingerprint density at radius 3 is 2.32 bits per heavy atom. The molecule has 6 rings (SSSR count). The quantitative estimate of drug-likeness (QED) is 0.495. The molecule has 0 amide bonds. The number of hydrogen-bond acceptors (Lipinski definition) is 8. The lowest BCUT2D eigenvalue weighted by Crippen LogP contribution is -2.53. The van der Waals surface area contributed by atoms with Gasteiger partial charge in [-0.05, 0) is 42.2 Å². The highest BCUT2D eigenvalue weighted by Crippen LogP contribution is 2.48. The van der Waals surface area contributed by atoms with Crippen LogP contribution in [0.5, 0.6) is 11.5 Å². The number of nitrogens with two attached hydrogens (primary N) is 1. The van der Waals surface area contributed by atoms with Crippen LogP contribution >= 0.6 is 11.6 Å². The van der Waals surface area contributed by atoms with E-state index in [-0.39, 0.29) is 6.04 Å². The molecule has 2 saturated heterocycles. The number of ether oxygens (including phenoxy) is 4. The second-order valence-corrected chi connectivity index (χ2v) is 10.7. The van der Waals surface area contributed by atoms with Crippen molar-refractivity contribution in [3.05, 3.63) is 71.3 Å². The van der Waals surface area contributed by atoms with Gasteiger partial charge in [-0.1, -0.05) is 25.4 Å². The SMILES string of the molecule is CC(C)C[C@H](N)COc1ccc2c(c1)OC1(COC1)c1cnccc1-2.OC1(c2cnccc2Cl)COC1. The number of benzene rings is 1. The van der Waals surface area contributed by atoms with Gasteiger partial charge >= 0.3 is 0 Å². The third-order valence-corrected chi connectivity index (χ3v) is 7.05. The maximum atomic E-state index is 9.81. The normalized spacial score (nSPS) is 18.8. The molecule has 3 aliphatic rings. The molecule has 1 spiro atoms. The third-order valence-electron chi connectivity index (χ3n) is 6.72. The first-order valence-corrected chi connectivity index (χ1v) is 12.8.